The van der Waals surface area contributed by atoms with Crippen molar-refractivity contribution in [1.82, 2.24) is 0 Å². The Balaban J connectivity index is 1.97. The Hall–Kier alpha value is -2.82. The summed E-state index contributed by atoms with van der Waals surface area (Å²) in [6, 6.07) is 8.68. The number of ether oxygens (including phenoxy) is 1. The zero-order valence-corrected chi connectivity index (χ0v) is 12.6. The van der Waals surface area contributed by atoms with Crippen molar-refractivity contribution in [3.05, 3.63) is 76.0 Å². The van der Waals surface area contributed by atoms with Crippen LogP contribution in [0.5, 0.6) is 0 Å². The molecule has 1 aliphatic heterocycles. The molecule has 3 nitrogen and oxygen atoms in total. The standard InChI is InChI=1S/C18H13F2NO2/c1-10-3-4-13(7-11(10)2)17-21-16(18(22)23-17)8-12-5-6-14(19)9-15(12)20/h3-9H,1-2H3/b16-8-. The van der Waals surface area contributed by atoms with E-state index in [0.29, 0.717) is 5.56 Å². The molecule has 0 saturated carbocycles. The molecule has 2 aromatic rings. The first-order chi connectivity index (χ1) is 10.9. The first kappa shape index (κ1) is 15.1. The van der Waals surface area contributed by atoms with Crippen molar-refractivity contribution in [1.29, 1.82) is 0 Å². The molecule has 3 rings (SSSR count). The predicted molar refractivity (Wildman–Crippen MR) is 82.9 cm³/mol. The maximum Gasteiger partial charge on any atom is 0.363 e. The van der Waals surface area contributed by atoms with Crippen molar-refractivity contribution in [3.8, 4) is 0 Å². The second-order valence-electron chi connectivity index (χ2n) is 5.30. The molecule has 0 bridgehead atoms. The number of aliphatic imine (C=N–C) groups is 1. The molecular weight excluding hydrogens is 300 g/mol. The van der Waals surface area contributed by atoms with E-state index in [4.69, 9.17) is 4.74 Å². The highest BCUT2D eigenvalue weighted by Crippen LogP contribution is 2.22. The number of esters is 1. The smallest absolute Gasteiger partial charge is 0.363 e. The van der Waals surface area contributed by atoms with E-state index in [9.17, 15) is 13.6 Å². The van der Waals surface area contributed by atoms with Gasteiger partial charge >= 0.3 is 5.97 Å². The van der Waals surface area contributed by atoms with Gasteiger partial charge in [0.15, 0.2) is 5.70 Å². The third-order valence-corrected chi connectivity index (χ3v) is 3.63. The van der Waals surface area contributed by atoms with E-state index < -0.39 is 17.6 Å². The molecule has 1 aliphatic rings. The van der Waals surface area contributed by atoms with Crippen LogP contribution in [-0.4, -0.2) is 11.9 Å². The Morgan fingerprint density at radius 1 is 1.04 bits per heavy atom. The Morgan fingerprint density at radius 3 is 2.52 bits per heavy atom. The largest absolute Gasteiger partial charge is 0.402 e. The highest BCUT2D eigenvalue weighted by atomic mass is 19.1. The monoisotopic (exact) mass is 313 g/mol. The van der Waals surface area contributed by atoms with Gasteiger partial charge in [-0.15, -0.1) is 0 Å². The minimum Gasteiger partial charge on any atom is -0.402 e. The molecule has 0 spiro atoms. The van der Waals surface area contributed by atoms with Gasteiger partial charge in [-0.2, -0.15) is 0 Å². The first-order valence-corrected chi connectivity index (χ1v) is 6.99. The molecular formula is C18H13F2NO2. The van der Waals surface area contributed by atoms with Crippen molar-refractivity contribution in [2.24, 2.45) is 4.99 Å². The molecule has 0 aliphatic carbocycles. The molecule has 2 aromatic carbocycles. The van der Waals surface area contributed by atoms with Gasteiger partial charge in [0.05, 0.1) is 0 Å². The summed E-state index contributed by atoms with van der Waals surface area (Å²) in [6.45, 7) is 3.92. The van der Waals surface area contributed by atoms with E-state index >= 15 is 0 Å². The molecule has 0 atom stereocenters. The van der Waals surface area contributed by atoms with Gasteiger partial charge in [-0.25, -0.2) is 18.6 Å². The normalized spacial score (nSPS) is 15.7. The van der Waals surface area contributed by atoms with Gasteiger partial charge in [-0.05, 0) is 55.3 Å². The number of nitrogens with zero attached hydrogens (tertiary/aromatic N) is 1. The SMILES string of the molecule is Cc1ccc(C2=N/C(=C\c3ccc(F)cc3F)C(=O)O2)cc1C. The average molecular weight is 313 g/mol. The summed E-state index contributed by atoms with van der Waals surface area (Å²) in [5, 5.41) is 0. The second-order valence-corrected chi connectivity index (χ2v) is 5.30. The summed E-state index contributed by atoms with van der Waals surface area (Å²) in [5.41, 5.74) is 2.88. The number of halogens is 2. The highest BCUT2D eigenvalue weighted by molar-refractivity contribution is 6.12. The Labute approximate surface area is 131 Å². The Kier molecular flexibility index (Phi) is 3.78. The molecule has 23 heavy (non-hydrogen) atoms. The van der Waals surface area contributed by atoms with Crippen LogP contribution in [0.2, 0.25) is 0 Å². The van der Waals surface area contributed by atoms with Gasteiger partial charge in [-0.3, -0.25) is 0 Å². The fourth-order valence-corrected chi connectivity index (χ4v) is 2.17. The molecule has 0 amide bonds. The van der Waals surface area contributed by atoms with Gasteiger partial charge in [0.25, 0.3) is 0 Å². The fraction of sp³-hybridized carbons (Fsp3) is 0.111. The lowest BCUT2D eigenvalue weighted by Gasteiger charge is -2.03. The summed E-state index contributed by atoms with van der Waals surface area (Å²) in [5.74, 6) is -1.94. The van der Waals surface area contributed by atoms with Crippen LogP contribution in [-0.2, 0) is 9.53 Å². The van der Waals surface area contributed by atoms with Crippen molar-refractivity contribution in [2.75, 3.05) is 0 Å². The van der Waals surface area contributed by atoms with Crippen molar-refractivity contribution < 1.29 is 18.3 Å². The summed E-state index contributed by atoms with van der Waals surface area (Å²) in [6.07, 6.45) is 1.24. The maximum absolute atomic E-state index is 13.7. The lowest BCUT2D eigenvalue weighted by molar-refractivity contribution is -0.129. The molecule has 116 valence electrons. The van der Waals surface area contributed by atoms with E-state index in [1.807, 2.05) is 26.0 Å². The van der Waals surface area contributed by atoms with Crippen molar-refractivity contribution in [3.63, 3.8) is 0 Å². The molecule has 0 fully saturated rings. The Morgan fingerprint density at radius 2 is 1.83 bits per heavy atom. The van der Waals surface area contributed by atoms with Crippen LogP contribution in [0.1, 0.15) is 22.3 Å². The summed E-state index contributed by atoms with van der Waals surface area (Å²) in [4.78, 5) is 16.0. The molecule has 0 N–H and O–H groups in total. The number of hydrogen-bond donors (Lipinski definition) is 0. The van der Waals surface area contributed by atoms with E-state index in [2.05, 4.69) is 4.99 Å². The number of rotatable bonds is 2. The quantitative estimate of drug-likeness (QED) is 0.622. The van der Waals surface area contributed by atoms with Crippen molar-refractivity contribution in [2.45, 2.75) is 13.8 Å². The van der Waals surface area contributed by atoms with Crippen LogP contribution in [0.15, 0.2) is 47.1 Å². The highest BCUT2D eigenvalue weighted by Gasteiger charge is 2.24. The Bertz CT molecular complexity index is 869. The average Bonchev–Trinajstić information content (AvgIpc) is 2.86. The number of aryl methyl sites for hydroxylation is 2. The number of carbonyl (C=O) groups is 1. The third kappa shape index (κ3) is 3.04. The molecule has 0 aromatic heterocycles. The summed E-state index contributed by atoms with van der Waals surface area (Å²) >= 11 is 0. The summed E-state index contributed by atoms with van der Waals surface area (Å²) < 4.78 is 31.7. The van der Waals surface area contributed by atoms with E-state index in [1.165, 1.54) is 12.1 Å². The number of benzene rings is 2. The zero-order chi connectivity index (χ0) is 16.6. The van der Waals surface area contributed by atoms with Gasteiger partial charge in [0, 0.05) is 17.2 Å². The van der Waals surface area contributed by atoms with Crippen LogP contribution >= 0.6 is 0 Å². The van der Waals surface area contributed by atoms with Gasteiger partial charge in [0.2, 0.25) is 5.90 Å². The van der Waals surface area contributed by atoms with Crippen LogP contribution < -0.4 is 0 Å². The van der Waals surface area contributed by atoms with Gasteiger partial charge in [0.1, 0.15) is 11.6 Å². The molecule has 1 heterocycles. The predicted octanol–water partition coefficient (Wildman–Crippen LogP) is 3.93. The number of carbonyl (C=O) groups excluding carboxylic acids is 1. The number of hydrogen-bond acceptors (Lipinski definition) is 3. The van der Waals surface area contributed by atoms with E-state index in [1.54, 1.807) is 6.07 Å². The molecule has 5 heteroatoms. The minimum absolute atomic E-state index is 0.0243. The van der Waals surface area contributed by atoms with Crippen LogP contribution in [0.3, 0.4) is 0 Å². The van der Waals surface area contributed by atoms with E-state index in [0.717, 1.165) is 23.3 Å². The molecule has 0 unspecified atom stereocenters. The van der Waals surface area contributed by atoms with Crippen LogP contribution in [0.25, 0.3) is 6.08 Å². The maximum atomic E-state index is 13.7. The van der Waals surface area contributed by atoms with Crippen LogP contribution in [0, 0.1) is 25.5 Å². The third-order valence-electron chi connectivity index (χ3n) is 3.63. The second kappa shape index (κ2) is 5.76. The lowest BCUT2D eigenvalue weighted by Crippen LogP contribution is -2.05. The van der Waals surface area contributed by atoms with Crippen LogP contribution in [0.4, 0.5) is 8.78 Å². The van der Waals surface area contributed by atoms with Crippen molar-refractivity contribution >= 4 is 17.9 Å². The van der Waals surface area contributed by atoms with Gasteiger partial charge < -0.3 is 4.74 Å². The lowest BCUT2D eigenvalue weighted by atomic mass is 10.1. The number of cyclic esters (lactones) is 1. The molecule has 0 radical (unpaired) electrons. The zero-order valence-electron chi connectivity index (χ0n) is 12.6. The van der Waals surface area contributed by atoms with E-state index in [-0.39, 0.29) is 17.2 Å². The van der Waals surface area contributed by atoms with Gasteiger partial charge in [-0.1, -0.05) is 6.07 Å². The topological polar surface area (TPSA) is 38.7 Å². The fourth-order valence-electron chi connectivity index (χ4n) is 2.17. The molecule has 0 saturated heterocycles. The first-order valence-electron chi connectivity index (χ1n) is 6.99. The summed E-state index contributed by atoms with van der Waals surface area (Å²) in [7, 11) is 0. The minimum atomic E-state index is -0.764.